The number of aromatic hydroxyl groups is 2. The fourth-order valence-electron chi connectivity index (χ4n) is 3.79. The lowest BCUT2D eigenvalue weighted by Gasteiger charge is -2.40. The van der Waals surface area contributed by atoms with Crippen LogP contribution in [0.1, 0.15) is 32.3 Å². The van der Waals surface area contributed by atoms with Crippen molar-refractivity contribution in [2.24, 2.45) is 0 Å². The molecule has 4 rings (SSSR count). The summed E-state index contributed by atoms with van der Waals surface area (Å²) >= 11 is 0. The van der Waals surface area contributed by atoms with Crippen LogP contribution in [0, 0.1) is 12.7 Å². The van der Waals surface area contributed by atoms with Crippen LogP contribution in [0.25, 0.3) is 22.4 Å². The number of carbonyl (C=O) groups excluding carboxylic acids is 1. The Morgan fingerprint density at radius 2 is 2.03 bits per heavy atom. The molecule has 0 unspecified atom stereocenters. The van der Waals surface area contributed by atoms with Crippen molar-refractivity contribution in [3.8, 4) is 22.9 Å². The van der Waals surface area contributed by atoms with E-state index in [2.05, 4.69) is 10.3 Å². The van der Waals surface area contributed by atoms with Gasteiger partial charge in [0.25, 0.3) is 0 Å². The van der Waals surface area contributed by atoms with Crippen molar-refractivity contribution in [2.75, 3.05) is 18.5 Å². The second kappa shape index (κ2) is 7.28. The molecule has 0 saturated carbocycles. The third-order valence-electron chi connectivity index (χ3n) is 5.43. The van der Waals surface area contributed by atoms with Crippen LogP contribution in [0.5, 0.6) is 11.5 Å². The summed E-state index contributed by atoms with van der Waals surface area (Å²) in [6.07, 6.45) is 1.17. The molecule has 0 spiro atoms. The number of phenolic OH excluding ortho intramolecular Hbond substituents is 2. The number of halogens is 1. The topological polar surface area (TPSA) is 96.6 Å². The zero-order valence-corrected chi connectivity index (χ0v) is 17.1. The Labute approximate surface area is 173 Å². The van der Waals surface area contributed by atoms with Gasteiger partial charge in [-0.1, -0.05) is 6.92 Å². The molecule has 2 aromatic carbocycles. The van der Waals surface area contributed by atoms with Gasteiger partial charge in [-0.2, -0.15) is 0 Å². The number of rotatable bonds is 5. The van der Waals surface area contributed by atoms with Crippen LogP contribution in [-0.4, -0.2) is 38.9 Å². The van der Waals surface area contributed by atoms with E-state index in [0.717, 1.165) is 11.9 Å². The summed E-state index contributed by atoms with van der Waals surface area (Å²) in [7, 11) is 0. The van der Waals surface area contributed by atoms with Crippen molar-refractivity contribution in [2.45, 2.75) is 39.2 Å². The number of hydrogen-bond acceptors (Lipinski definition) is 5. The Morgan fingerprint density at radius 3 is 2.67 bits per heavy atom. The van der Waals surface area contributed by atoms with E-state index in [0.29, 0.717) is 42.2 Å². The van der Waals surface area contributed by atoms with Crippen LogP contribution in [0.15, 0.2) is 24.3 Å². The van der Waals surface area contributed by atoms with Crippen LogP contribution in [0.3, 0.4) is 0 Å². The molecule has 0 atom stereocenters. The van der Waals surface area contributed by atoms with Gasteiger partial charge in [0.1, 0.15) is 5.82 Å². The highest BCUT2D eigenvalue weighted by atomic mass is 19.1. The van der Waals surface area contributed by atoms with E-state index in [9.17, 15) is 19.4 Å². The third kappa shape index (κ3) is 3.17. The van der Waals surface area contributed by atoms with Gasteiger partial charge < -0.3 is 24.8 Å². The molecule has 0 bridgehead atoms. The molecule has 7 nitrogen and oxygen atoms in total. The Hall–Kier alpha value is -3.13. The van der Waals surface area contributed by atoms with Crippen molar-refractivity contribution in [1.82, 2.24) is 9.55 Å². The predicted molar refractivity (Wildman–Crippen MR) is 111 cm³/mol. The Kier molecular flexibility index (Phi) is 4.89. The first kappa shape index (κ1) is 20.2. The molecule has 2 heterocycles. The number of nitrogens with one attached hydrogen (secondary N) is 1. The van der Waals surface area contributed by atoms with E-state index in [4.69, 9.17) is 4.74 Å². The molecule has 1 aliphatic heterocycles. The van der Waals surface area contributed by atoms with Gasteiger partial charge in [0.05, 0.1) is 35.3 Å². The van der Waals surface area contributed by atoms with Gasteiger partial charge in [-0.3, -0.25) is 4.79 Å². The summed E-state index contributed by atoms with van der Waals surface area (Å²) in [6, 6.07) is 6.84. The number of hydrogen-bond donors (Lipinski definition) is 3. The fourth-order valence-corrected chi connectivity index (χ4v) is 3.79. The van der Waals surface area contributed by atoms with Crippen LogP contribution in [0.2, 0.25) is 0 Å². The lowest BCUT2D eigenvalue weighted by Crippen LogP contribution is -2.49. The van der Waals surface area contributed by atoms with E-state index < -0.39 is 22.9 Å². The number of aromatic nitrogens is 2. The summed E-state index contributed by atoms with van der Waals surface area (Å²) < 4.78 is 22.2. The van der Waals surface area contributed by atoms with Gasteiger partial charge in [-0.25, -0.2) is 9.37 Å². The first-order valence-corrected chi connectivity index (χ1v) is 9.87. The first-order chi connectivity index (χ1) is 14.2. The minimum Gasteiger partial charge on any atom is -0.504 e. The number of imidazole rings is 1. The lowest BCUT2D eigenvalue weighted by atomic mass is 9.98. The number of ether oxygens (including phenoxy) is 1. The molecular formula is C22H24FN3O4. The maximum absolute atomic E-state index is 14.9. The quantitative estimate of drug-likeness (QED) is 0.549. The average molecular weight is 413 g/mol. The van der Waals surface area contributed by atoms with Crippen LogP contribution < -0.4 is 5.32 Å². The second-order valence-electron chi connectivity index (χ2n) is 8.01. The summed E-state index contributed by atoms with van der Waals surface area (Å²) in [5.74, 6) is -1.98. The smallest absolute Gasteiger partial charge is 0.224 e. The minimum absolute atomic E-state index is 0.0824. The molecule has 1 aliphatic rings. The molecule has 3 N–H and O–H groups in total. The normalized spacial score (nSPS) is 15.2. The average Bonchev–Trinajstić information content (AvgIpc) is 3.06. The SMILES string of the molecule is CCCC(=O)Nc1ccc2c(c1)nc(-c1cc(C)c(O)c(O)c1F)n2C1(C)COC1. The van der Waals surface area contributed by atoms with Crippen molar-refractivity contribution < 1.29 is 24.1 Å². The largest absolute Gasteiger partial charge is 0.504 e. The number of amides is 1. The van der Waals surface area contributed by atoms with Crippen LogP contribution >= 0.6 is 0 Å². The number of fused-ring (bicyclic) bond motifs is 1. The minimum atomic E-state index is -0.935. The van der Waals surface area contributed by atoms with Crippen molar-refractivity contribution >= 4 is 22.6 Å². The van der Waals surface area contributed by atoms with Crippen LogP contribution in [-0.2, 0) is 15.1 Å². The molecule has 3 aromatic rings. The summed E-state index contributed by atoms with van der Waals surface area (Å²) in [5.41, 5.74) is 1.93. The number of aryl methyl sites for hydroxylation is 1. The van der Waals surface area contributed by atoms with Gasteiger partial charge in [0, 0.05) is 12.1 Å². The maximum Gasteiger partial charge on any atom is 0.224 e. The predicted octanol–water partition coefficient (Wildman–Crippen LogP) is 4.05. The molecule has 1 aromatic heterocycles. The Balaban J connectivity index is 1.91. The number of carbonyl (C=O) groups is 1. The highest BCUT2D eigenvalue weighted by Gasteiger charge is 2.39. The van der Waals surface area contributed by atoms with Crippen LogP contribution in [0.4, 0.5) is 10.1 Å². The van der Waals surface area contributed by atoms with Gasteiger partial charge in [-0.15, -0.1) is 0 Å². The molecule has 1 saturated heterocycles. The van der Waals surface area contributed by atoms with E-state index in [1.807, 2.05) is 24.5 Å². The fraction of sp³-hybridized carbons (Fsp3) is 0.364. The monoisotopic (exact) mass is 413 g/mol. The summed E-state index contributed by atoms with van der Waals surface area (Å²) in [5, 5.41) is 22.7. The standard InChI is InChI=1S/C22H24FN3O4/c1-4-5-17(27)24-13-6-7-16-15(9-13)25-21(26(16)22(3)10-30-11-22)14-8-12(2)19(28)20(29)18(14)23/h6-9,28-29H,4-5,10-11H2,1-3H3,(H,24,27). The van der Waals surface area contributed by atoms with Crippen molar-refractivity contribution in [3.05, 3.63) is 35.6 Å². The van der Waals surface area contributed by atoms with E-state index in [1.54, 1.807) is 19.1 Å². The van der Waals surface area contributed by atoms with E-state index in [1.165, 1.54) is 6.07 Å². The molecule has 30 heavy (non-hydrogen) atoms. The van der Waals surface area contributed by atoms with Gasteiger partial charge in [0.15, 0.2) is 17.3 Å². The maximum atomic E-state index is 14.9. The number of phenols is 2. The van der Waals surface area contributed by atoms with Gasteiger partial charge in [0.2, 0.25) is 5.91 Å². The molecule has 158 valence electrons. The number of nitrogens with zero attached hydrogens (tertiary/aromatic N) is 2. The molecule has 0 aliphatic carbocycles. The molecular weight excluding hydrogens is 389 g/mol. The Bertz CT molecular complexity index is 1150. The zero-order valence-electron chi connectivity index (χ0n) is 17.1. The van der Waals surface area contributed by atoms with Crippen molar-refractivity contribution in [3.63, 3.8) is 0 Å². The van der Waals surface area contributed by atoms with Gasteiger partial charge >= 0.3 is 0 Å². The molecule has 0 radical (unpaired) electrons. The highest BCUT2D eigenvalue weighted by molar-refractivity contribution is 5.93. The van der Waals surface area contributed by atoms with Crippen molar-refractivity contribution in [1.29, 1.82) is 0 Å². The molecule has 8 heteroatoms. The Morgan fingerprint density at radius 1 is 1.30 bits per heavy atom. The zero-order chi connectivity index (χ0) is 21.6. The van der Waals surface area contributed by atoms with E-state index >= 15 is 0 Å². The third-order valence-corrected chi connectivity index (χ3v) is 5.43. The molecule has 1 amide bonds. The van der Waals surface area contributed by atoms with E-state index in [-0.39, 0.29) is 11.5 Å². The molecule has 1 fully saturated rings. The first-order valence-electron chi connectivity index (χ1n) is 9.87. The summed E-state index contributed by atoms with van der Waals surface area (Å²) in [6.45, 7) is 6.38. The number of anilines is 1. The van der Waals surface area contributed by atoms with Gasteiger partial charge in [-0.05, 0) is 50.1 Å². The number of benzene rings is 2. The highest BCUT2D eigenvalue weighted by Crippen LogP contribution is 2.41. The second-order valence-corrected chi connectivity index (χ2v) is 8.01. The summed E-state index contributed by atoms with van der Waals surface area (Å²) in [4.78, 5) is 16.6. The lowest BCUT2D eigenvalue weighted by molar-refractivity contribution is -0.116.